The highest BCUT2D eigenvalue weighted by molar-refractivity contribution is 6.73. The smallest absolute Gasteiger partial charge is 0.216 e. The van der Waals surface area contributed by atoms with Crippen LogP contribution in [0.15, 0.2) is 0 Å². The quantitative estimate of drug-likeness (QED) is 0.431. The molecule has 0 aromatic heterocycles. The summed E-state index contributed by atoms with van der Waals surface area (Å²) < 4.78 is 0. The average molecular weight is 305 g/mol. The predicted molar refractivity (Wildman–Crippen MR) is 83.3 cm³/mol. The first-order valence-electron chi connectivity index (χ1n) is 6.94. The molecule has 3 N–H and O–H groups in total. The van der Waals surface area contributed by atoms with Crippen LogP contribution in [0.1, 0.15) is 20.3 Å². The van der Waals surface area contributed by atoms with E-state index in [1.807, 2.05) is 6.55 Å². The van der Waals surface area contributed by atoms with E-state index < -0.39 is 17.1 Å². The standard InChI is InChI=1S/C12H28N2O3Si2/c1-11(15)13-6-5-8-19(4,17)9-7-18(3)10-14-12(2)16/h17-18H,5-10H2,1-4H3,(H,13,15)(H,14,16). The molecule has 2 amide bonds. The Morgan fingerprint density at radius 1 is 1.16 bits per heavy atom. The van der Waals surface area contributed by atoms with Crippen LogP contribution < -0.4 is 10.6 Å². The van der Waals surface area contributed by atoms with Gasteiger partial charge in [-0.05, 0) is 25.1 Å². The second kappa shape index (κ2) is 9.27. The third-order valence-corrected chi connectivity index (χ3v) is 8.69. The number of carbonyl (C=O) groups excluding carboxylic acids is 2. The van der Waals surface area contributed by atoms with E-state index >= 15 is 0 Å². The minimum Gasteiger partial charge on any atom is -0.432 e. The third-order valence-electron chi connectivity index (χ3n) is 3.14. The Morgan fingerprint density at radius 2 is 1.74 bits per heavy atom. The maximum atomic E-state index is 10.8. The number of hydrogen-bond donors (Lipinski definition) is 3. The minimum atomic E-state index is -2.12. The second-order valence-electron chi connectivity index (χ2n) is 5.66. The molecule has 2 atom stereocenters. The molecule has 5 nitrogen and oxygen atoms in total. The van der Waals surface area contributed by atoms with Crippen molar-refractivity contribution in [1.82, 2.24) is 10.6 Å². The lowest BCUT2D eigenvalue weighted by Crippen LogP contribution is -2.36. The number of nitrogens with one attached hydrogen (secondary N) is 2. The molecule has 0 heterocycles. The van der Waals surface area contributed by atoms with Crippen molar-refractivity contribution in [3.8, 4) is 0 Å². The van der Waals surface area contributed by atoms with Gasteiger partial charge in [-0.3, -0.25) is 9.59 Å². The van der Waals surface area contributed by atoms with Gasteiger partial charge in [0.05, 0.1) is 8.80 Å². The Labute approximate surface area is 118 Å². The molecular weight excluding hydrogens is 276 g/mol. The Bertz CT molecular complexity index is 299. The topological polar surface area (TPSA) is 78.4 Å². The summed E-state index contributed by atoms with van der Waals surface area (Å²) >= 11 is 0. The van der Waals surface area contributed by atoms with Crippen LogP contribution >= 0.6 is 0 Å². The lowest BCUT2D eigenvalue weighted by molar-refractivity contribution is -0.119. The Balaban J connectivity index is 3.76. The minimum absolute atomic E-state index is 0.0161. The molecule has 0 saturated heterocycles. The number of rotatable bonds is 9. The van der Waals surface area contributed by atoms with Crippen molar-refractivity contribution < 1.29 is 14.4 Å². The zero-order valence-electron chi connectivity index (χ0n) is 12.6. The summed E-state index contributed by atoms with van der Waals surface area (Å²) in [5, 5.41) is 5.60. The van der Waals surface area contributed by atoms with E-state index in [2.05, 4.69) is 17.2 Å². The molecule has 7 heteroatoms. The van der Waals surface area contributed by atoms with Crippen LogP contribution in [0.2, 0.25) is 31.2 Å². The number of carbonyl (C=O) groups is 2. The van der Waals surface area contributed by atoms with Crippen molar-refractivity contribution in [2.24, 2.45) is 0 Å². The molecule has 0 spiro atoms. The normalized spacial score (nSPS) is 15.4. The van der Waals surface area contributed by atoms with Gasteiger partial charge in [0.1, 0.15) is 0 Å². The van der Waals surface area contributed by atoms with Gasteiger partial charge in [0.25, 0.3) is 0 Å². The van der Waals surface area contributed by atoms with Gasteiger partial charge in [-0.2, -0.15) is 0 Å². The van der Waals surface area contributed by atoms with Crippen molar-refractivity contribution in [1.29, 1.82) is 0 Å². The molecule has 0 aliphatic heterocycles. The highest BCUT2D eigenvalue weighted by Crippen LogP contribution is 2.17. The van der Waals surface area contributed by atoms with Crippen LogP contribution in [0.3, 0.4) is 0 Å². The molecule has 0 radical (unpaired) electrons. The summed E-state index contributed by atoms with van der Waals surface area (Å²) in [6, 6.07) is 2.80. The molecule has 19 heavy (non-hydrogen) atoms. The van der Waals surface area contributed by atoms with Crippen LogP contribution in [-0.4, -0.2) is 46.4 Å². The zero-order valence-corrected chi connectivity index (χ0v) is 14.7. The average Bonchev–Trinajstić information content (AvgIpc) is 2.29. The number of hydrogen-bond acceptors (Lipinski definition) is 3. The predicted octanol–water partition coefficient (Wildman–Crippen LogP) is 0.612. The summed E-state index contributed by atoms with van der Waals surface area (Å²) in [6.07, 6.45) is 1.66. The van der Waals surface area contributed by atoms with E-state index in [1.54, 1.807) is 0 Å². The fraction of sp³-hybridized carbons (Fsp3) is 0.833. The monoisotopic (exact) mass is 304 g/mol. The van der Waals surface area contributed by atoms with Crippen LogP contribution in [0, 0.1) is 0 Å². The summed E-state index contributed by atoms with van der Waals surface area (Å²) in [4.78, 5) is 31.9. The maximum absolute atomic E-state index is 10.8. The van der Waals surface area contributed by atoms with Gasteiger partial charge in [-0.1, -0.05) is 12.6 Å². The molecule has 0 saturated carbocycles. The molecule has 112 valence electrons. The van der Waals surface area contributed by atoms with Gasteiger partial charge < -0.3 is 15.4 Å². The largest absolute Gasteiger partial charge is 0.432 e. The molecule has 0 aliphatic carbocycles. The van der Waals surface area contributed by atoms with Crippen LogP contribution in [0.4, 0.5) is 0 Å². The van der Waals surface area contributed by atoms with Crippen LogP contribution in [-0.2, 0) is 9.59 Å². The SMILES string of the molecule is CC(=O)NCCC[Si](C)(O)CC[SiH](C)CNC(C)=O. The Hall–Kier alpha value is -0.666. The van der Waals surface area contributed by atoms with Gasteiger partial charge in [-0.15, -0.1) is 0 Å². The van der Waals surface area contributed by atoms with Crippen molar-refractivity contribution in [3.63, 3.8) is 0 Å². The van der Waals surface area contributed by atoms with Gasteiger partial charge in [0, 0.05) is 26.6 Å². The molecule has 0 bridgehead atoms. The fourth-order valence-corrected chi connectivity index (χ4v) is 8.32. The van der Waals surface area contributed by atoms with Crippen molar-refractivity contribution in [2.75, 3.05) is 12.7 Å². The van der Waals surface area contributed by atoms with Gasteiger partial charge in [0.2, 0.25) is 11.8 Å². The lowest BCUT2D eigenvalue weighted by atomic mass is 10.5. The Kier molecular flexibility index (Phi) is 8.95. The summed E-state index contributed by atoms with van der Waals surface area (Å²) in [6.45, 7) is 7.90. The van der Waals surface area contributed by atoms with Crippen molar-refractivity contribution >= 4 is 28.9 Å². The fourth-order valence-electron chi connectivity index (χ4n) is 1.84. The van der Waals surface area contributed by atoms with E-state index in [0.717, 1.165) is 30.7 Å². The molecule has 2 unspecified atom stereocenters. The molecule has 0 rings (SSSR count). The van der Waals surface area contributed by atoms with Crippen LogP contribution in [0.25, 0.3) is 0 Å². The molecule has 0 aromatic carbocycles. The first-order valence-corrected chi connectivity index (χ1v) is 12.6. The lowest BCUT2D eigenvalue weighted by Gasteiger charge is -2.22. The number of amides is 2. The highest BCUT2D eigenvalue weighted by Gasteiger charge is 2.24. The first kappa shape index (κ1) is 18.3. The van der Waals surface area contributed by atoms with Crippen molar-refractivity contribution in [3.05, 3.63) is 0 Å². The zero-order chi connectivity index (χ0) is 14.9. The first-order chi connectivity index (χ1) is 8.73. The van der Waals surface area contributed by atoms with E-state index in [0.29, 0.717) is 6.54 Å². The van der Waals surface area contributed by atoms with E-state index in [4.69, 9.17) is 0 Å². The third kappa shape index (κ3) is 12.1. The van der Waals surface area contributed by atoms with Crippen molar-refractivity contribution in [2.45, 2.75) is 51.5 Å². The molecule has 0 aliphatic rings. The summed E-state index contributed by atoms with van der Waals surface area (Å²) in [5.41, 5.74) is 0. The Morgan fingerprint density at radius 3 is 2.26 bits per heavy atom. The maximum Gasteiger partial charge on any atom is 0.216 e. The molecule has 0 aromatic rings. The molecular formula is C12H28N2O3Si2. The molecule has 0 fully saturated rings. The van der Waals surface area contributed by atoms with Gasteiger partial charge >= 0.3 is 0 Å². The van der Waals surface area contributed by atoms with Crippen LogP contribution in [0.5, 0.6) is 0 Å². The van der Waals surface area contributed by atoms with E-state index in [1.165, 1.54) is 13.8 Å². The van der Waals surface area contributed by atoms with Gasteiger partial charge in [-0.25, -0.2) is 0 Å². The summed E-state index contributed by atoms with van der Waals surface area (Å²) in [5.74, 6) is 0.0105. The van der Waals surface area contributed by atoms with E-state index in [-0.39, 0.29) is 11.8 Å². The summed E-state index contributed by atoms with van der Waals surface area (Å²) in [7, 11) is -3.07. The second-order valence-corrected chi connectivity index (χ2v) is 12.9. The highest BCUT2D eigenvalue weighted by atomic mass is 28.4. The van der Waals surface area contributed by atoms with E-state index in [9.17, 15) is 14.4 Å². The van der Waals surface area contributed by atoms with Gasteiger partial charge in [0.15, 0.2) is 8.32 Å².